The number of aliphatic hydroxyl groups is 2. The summed E-state index contributed by atoms with van der Waals surface area (Å²) in [6.07, 6.45) is -1.57. The van der Waals surface area contributed by atoms with Crippen LogP contribution in [0.2, 0.25) is 0 Å². The van der Waals surface area contributed by atoms with Crippen molar-refractivity contribution in [3.8, 4) is 0 Å². The predicted octanol–water partition coefficient (Wildman–Crippen LogP) is -1.72. The van der Waals surface area contributed by atoms with Gasteiger partial charge in [-0.3, -0.25) is 39.1 Å². The fourth-order valence-electron chi connectivity index (χ4n) is 5.43. The number of imide groups is 1. The lowest BCUT2D eigenvalue weighted by Crippen LogP contribution is -2.66. The normalized spacial score (nSPS) is 21.8. The van der Waals surface area contributed by atoms with Crippen LogP contribution >= 0.6 is 0 Å². The molecule has 1 aromatic rings. The maximum absolute atomic E-state index is 13.8. The van der Waals surface area contributed by atoms with Gasteiger partial charge in [0.2, 0.25) is 29.5 Å². The zero-order chi connectivity index (χ0) is 34.0. The van der Waals surface area contributed by atoms with Gasteiger partial charge in [0, 0.05) is 20.1 Å². The van der Waals surface area contributed by atoms with Gasteiger partial charge in [-0.15, -0.1) is 0 Å². The Bertz CT molecular complexity index is 1250. The molecule has 0 saturated carbocycles. The molecule has 15 heteroatoms. The van der Waals surface area contributed by atoms with Gasteiger partial charge in [0.05, 0.1) is 24.2 Å². The van der Waals surface area contributed by atoms with Crippen LogP contribution in [0.15, 0.2) is 30.3 Å². The summed E-state index contributed by atoms with van der Waals surface area (Å²) >= 11 is 0. The average Bonchev–Trinajstić information content (AvgIpc) is 3.03. The highest BCUT2D eigenvalue weighted by molar-refractivity contribution is 6.01. The van der Waals surface area contributed by atoms with E-state index in [1.165, 1.54) is 14.0 Å². The van der Waals surface area contributed by atoms with E-state index in [9.17, 15) is 39.0 Å². The molecule has 0 aromatic heterocycles. The zero-order valence-corrected chi connectivity index (χ0v) is 26.7. The molecule has 0 unspecified atom stereocenters. The molecule has 0 aliphatic carbocycles. The van der Waals surface area contributed by atoms with Crippen LogP contribution < -0.4 is 26.7 Å². The zero-order valence-electron chi connectivity index (χ0n) is 26.7. The second kappa shape index (κ2) is 17.1. The number of rotatable bonds is 14. The minimum absolute atomic E-state index is 0.0655. The lowest BCUT2D eigenvalue weighted by Gasteiger charge is -2.39. The Hall–Kier alpha value is -3.92. The van der Waals surface area contributed by atoms with Gasteiger partial charge in [-0.2, -0.15) is 0 Å². The van der Waals surface area contributed by atoms with E-state index in [2.05, 4.69) is 26.7 Å². The second-order valence-electron chi connectivity index (χ2n) is 12.1. The van der Waals surface area contributed by atoms with Crippen LogP contribution in [-0.4, -0.2) is 107 Å². The van der Waals surface area contributed by atoms with Crippen molar-refractivity contribution in [2.75, 3.05) is 20.3 Å². The van der Waals surface area contributed by atoms with Gasteiger partial charge < -0.3 is 30.9 Å². The molecule has 2 saturated heterocycles. The molecule has 6 amide bonds. The Kier molecular flexibility index (Phi) is 13.6. The Morgan fingerprint density at radius 2 is 1.72 bits per heavy atom. The third-order valence-corrected chi connectivity index (χ3v) is 8.19. The van der Waals surface area contributed by atoms with E-state index in [0.29, 0.717) is 13.0 Å². The number of benzene rings is 1. The third kappa shape index (κ3) is 9.79. The van der Waals surface area contributed by atoms with Gasteiger partial charge in [-0.25, -0.2) is 5.43 Å². The average molecular weight is 647 g/mol. The number of carbonyl (C=O) groups is 6. The summed E-state index contributed by atoms with van der Waals surface area (Å²) in [6.45, 7) is 4.87. The van der Waals surface area contributed by atoms with Gasteiger partial charge in [0.1, 0.15) is 24.7 Å². The van der Waals surface area contributed by atoms with E-state index in [1.807, 2.05) is 6.07 Å². The molecule has 15 nitrogen and oxygen atoms in total. The van der Waals surface area contributed by atoms with E-state index in [0.717, 1.165) is 10.6 Å². The van der Waals surface area contributed by atoms with Gasteiger partial charge in [0.25, 0.3) is 5.91 Å². The maximum Gasteiger partial charge on any atom is 0.262 e. The summed E-state index contributed by atoms with van der Waals surface area (Å²) in [5.74, 6) is -5.13. The van der Waals surface area contributed by atoms with Crippen LogP contribution in [0.4, 0.5) is 0 Å². The van der Waals surface area contributed by atoms with E-state index in [-0.39, 0.29) is 32.3 Å². The number of ether oxygens (including phenoxy) is 1. The smallest absolute Gasteiger partial charge is 0.262 e. The van der Waals surface area contributed by atoms with Crippen molar-refractivity contribution in [3.05, 3.63) is 35.9 Å². The Balaban J connectivity index is 1.81. The van der Waals surface area contributed by atoms with Gasteiger partial charge in [0.15, 0.2) is 0 Å². The second-order valence-corrected chi connectivity index (χ2v) is 12.1. The number of aliphatic hydroxyl groups excluding tert-OH is 2. The monoisotopic (exact) mass is 646 g/mol. The Morgan fingerprint density at radius 1 is 1.02 bits per heavy atom. The molecule has 3 rings (SSSR count). The number of hydrogen-bond donors (Lipinski definition) is 7. The molecule has 2 heterocycles. The lowest BCUT2D eigenvalue weighted by atomic mass is 9.91. The molecular formula is C31H46N6O9. The first-order valence-electron chi connectivity index (χ1n) is 15.5. The van der Waals surface area contributed by atoms with Crippen LogP contribution in [0.25, 0.3) is 0 Å². The number of nitrogens with one attached hydrogen (secondary N) is 5. The van der Waals surface area contributed by atoms with E-state index >= 15 is 0 Å². The fourth-order valence-corrected chi connectivity index (χ4v) is 5.43. The minimum atomic E-state index is -1.41. The van der Waals surface area contributed by atoms with Crippen LogP contribution in [0.5, 0.6) is 0 Å². The molecule has 254 valence electrons. The predicted molar refractivity (Wildman–Crippen MR) is 164 cm³/mol. The first-order valence-corrected chi connectivity index (χ1v) is 15.5. The van der Waals surface area contributed by atoms with E-state index < -0.39 is 83.7 Å². The summed E-state index contributed by atoms with van der Waals surface area (Å²) in [4.78, 5) is 76.7. The maximum atomic E-state index is 13.8. The van der Waals surface area contributed by atoms with Crippen molar-refractivity contribution in [2.45, 2.75) is 89.3 Å². The number of nitrogens with zero attached hydrogens (tertiary/aromatic N) is 1. The SMILES string of the molecule is COCC(=O)N[C@@H](C(=O)N1NCCC[C@H]1C(=O)N[C@@H](Cc1ccccc1)[C@@H](O)[C@H](C)C(=O)N[C@@H]1CCC(=O)NC1=O)[C@H](O)C(C)C. The Labute approximate surface area is 268 Å². The number of hydrogen-bond acceptors (Lipinski definition) is 10. The van der Waals surface area contributed by atoms with Crippen molar-refractivity contribution in [1.82, 2.24) is 31.7 Å². The van der Waals surface area contributed by atoms with Crippen molar-refractivity contribution in [3.63, 3.8) is 0 Å². The Morgan fingerprint density at radius 3 is 2.35 bits per heavy atom. The van der Waals surface area contributed by atoms with Crippen LogP contribution in [-0.2, 0) is 39.9 Å². The number of carbonyl (C=O) groups excluding carboxylic acids is 6. The molecule has 2 aliphatic heterocycles. The number of amides is 6. The van der Waals surface area contributed by atoms with Crippen molar-refractivity contribution >= 4 is 35.4 Å². The molecule has 1 aromatic carbocycles. The fraction of sp³-hybridized carbons (Fsp3) is 0.613. The summed E-state index contributed by atoms with van der Waals surface area (Å²) in [5, 5.41) is 33.4. The van der Waals surface area contributed by atoms with E-state index in [4.69, 9.17) is 4.74 Å². The summed E-state index contributed by atoms with van der Waals surface area (Å²) in [7, 11) is 1.32. The van der Waals surface area contributed by atoms with E-state index in [1.54, 1.807) is 38.1 Å². The largest absolute Gasteiger partial charge is 0.390 e. The third-order valence-electron chi connectivity index (χ3n) is 8.19. The summed E-state index contributed by atoms with van der Waals surface area (Å²) in [6, 6.07) is 4.64. The molecular weight excluding hydrogens is 600 g/mol. The standard InChI is InChI=1S/C31H46N6O9/c1-17(2)26(40)25(35-24(39)16-46-4)31(45)37-22(11-8-14-32-37)30(44)34-21(15-19-9-6-5-7-10-19)27(41)18(3)28(42)33-20-12-13-23(38)36-29(20)43/h5-7,9-10,17-18,20-22,25-27,32,40-41H,8,11-16H2,1-4H3,(H,33,42)(H,34,44)(H,35,39)(H,36,38,43)/t18-,20+,21-,22-,25+,26+,27-/m0/s1. The highest BCUT2D eigenvalue weighted by atomic mass is 16.5. The summed E-state index contributed by atoms with van der Waals surface area (Å²) in [5.41, 5.74) is 3.68. The molecule has 0 spiro atoms. The number of hydrazine groups is 1. The molecule has 0 radical (unpaired) electrons. The highest BCUT2D eigenvalue weighted by Gasteiger charge is 2.42. The number of methoxy groups -OCH3 is 1. The molecule has 2 fully saturated rings. The van der Waals surface area contributed by atoms with Crippen molar-refractivity contribution < 1.29 is 43.7 Å². The lowest BCUT2D eigenvalue weighted by molar-refractivity contribution is -0.153. The molecule has 7 atom stereocenters. The first kappa shape index (κ1) is 36.5. The van der Waals surface area contributed by atoms with Crippen molar-refractivity contribution in [2.24, 2.45) is 11.8 Å². The number of piperidine rings is 1. The molecule has 46 heavy (non-hydrogen) atoms. The molecule has 0 bridgehead atoms. The molecule has 7 N–H and O–H groups in total. The first-order chi connectivity index (χ1) is 21.8. The van der Waals surface area contributed by atoms with Gasteiger partial charge >= 0.3 is 0 Å². The van der Waals surface area contributed by atoms with Gasteiger partial charge in [-0.05, 0) is 37.2 Å². The van der Waals surface area contributed by atoms with Crippen LogP contribution in [0, 0.1) is 11.8 Å². The molecule has 2 aliphatic rings. The summed E-state index contributed by atoms with van der Waals surface area (Å²) < 4.78 is 4.85. The van der Waals surface area contributed by atoms with Gasteiger partial charge in [-0.1, -0.05) is 51.1 Å². The minimum Gasteiger partial charge on any atom is -0.390 e. The topological polar surface area (TPSA) is 216 Å². The van der Waals surface area contributed by atoms with Crippen LogP contribution in [0.1, 0.15) is 52.0 Å². The van der Waals surface area contributed by atoms with Crippen molar-refractivity contribution in [1.29, 1.82) is 0 Å². The van der Waals surface area contributed by atoms with Crippen LogP contribution in [0.3, 0.4) is 0 Å². The highest BCUT2D eigenvalue weighted by Crippen LogP contribution is 2.19. The quantitative estimate of drug-likeness (QED) is 0.113.